The Hall–Kier alpha value is -2.94. The van der Waals surface area contributed by atoms with Crippen molar-refractivity contribution in [3.63, 3.8) is 0 Å². The van der Waals surface area contributed by atoms with Crippen LogP contribution in [0, 0.1) is 0 Å². The highest BCUT2D eigenvalue weighted by Gasteiger charge is 2.24. The van der Waals surface area contributed by atoms with Crippen LogP contribution in [0.4, 0.5) is 0 Å². The maximum atomic E-state index is 11.6. The molecule has 0 saturated carbocycles. The summed E-state index contributed by atoms with van der Waals surface area (Å²) in [7, 11) is 2.79. The molecule has 2 N–H and O–H groups in total. The summed E-state index contributed by atoms with van der Waals surface area (Å²) < 4.78 is 4.46. The van der Waals surface area contributed by atoms with Gasteiger partial charge < -0.3 is 10.1 Å². The van der Waals surface area contributed by atoms with Crippen molar-refractivity contribution >= 4 is 40.9 Å². The van der Waals surface area contributed by atoms with Crippen LogP contribution in [0.3, 0.4) is 0 Å². The largest absolute Gasteiger partial charge is 0.466 e. The molecule has 0 unspecified atom stereocenters. The fourth-order valence-electron chi connectivity index (χ4n) is 1.65. The Morgan fingerprint density at radius 2 is 2.00 bits per heavy atom. The van der Waals surface area contributed by atoms with Crippen molar-refractivity contribution in [3.8, 4) is 0 Å². The summed E-state index contributed by atoms with van der Waals surface area (Å²) in [5.41, 5.74) is 1.28. The molecular weight excluding hydrogens is 332 g/mol. The molecule has 0 aliphatic carbocycles. The molecular formula is C15H14N4O4S. The van der Waals surface area contributed by atoms with E-state index in [1.807, 2.05) is 0 Å². The summed E-state index contributed by atoms with van der Waals surface area (Å²) in [6, 6.07) is 6.77. The molecule has 2 rings (SSSR count). The molecule has 1 fully saturated rings. The van der Waals surface area contributed by atoms with Gasteiger partial charge in [-0.05, 0) is 29.5 Å². The van der Waals surface area contributed by atoms with Gasteiger partial charge in [0.1, 0.15) is 0 Å². The molecule has 9 heteroatoms. The first kappa shape index (κ1) is 17.4. The fourth-order valence-corrected chi connectivity index (χ4v) is 2.39. The van der Waals surface area contributed by atoms with E-state index in [0.717, 1.165) is 23.4 Å². The number of hydrogen-bond acceptors (Lipinski definition) is 7. The van der Waals surface area contributed by atoms with E-state index < -0.39 is 11.9 Å². The standard InChI is InChI=1S/C15H14N4O4S/c1-16-13(21)10-5-3-9(4-6-10)8-17-19-15-18-14(22)11(24-15)7-12(20)23-2/h3-8H,1-2H3,(H,16,21)(H,18,19,22)/b11-7+,17-8?. The molecule has 0 bridgehead atoms. The lowest BCUT2D eigenvalue weighted by atomic mass is 10.1. The van der Waals surface area contributed by atoms with Gasteiger partial charge in [0.2, 0.25) is 0 Å². The van der Waals surface area contributed by atoms with E-state index in [-0.39, 0.29) is 16.0 Å². The molecule has 1 aromatic carbocycles. The van der Waals surface area contributed by atoms with E-state index in [2.05, 4.69) is 25.6 Å². The zero-order valence-corrected chi connectivity index (χ0v) is 13.7. The highest BCUT2D eigenvalue weighted by molar-refractivity contribution is 8.18. The normalized spacial score (nSPS) is 17.3. The Morgan fingerprint density at radius 3 is 2.62 bits per heavy atom. The van der Waals surface area contributed by atoms with Gasteiger partial charge >= 0.3 is 5.97 Å². The zero-order valence-electron chi connectivity index (χ0n) is 12.9. The van der Waals surface area contributed by atoms with Crippen LogP contribution < -0.4 is 10.6 Å². The second kappa shape index (κ2) is 8.06. The van der Waals surface area contributed by atoms with E-state index in [9.17, 15) is 14.4 Å². The smallest absolute Gasteiger partial charge is 0.331 e. The number of carbonyl (C=O) groups excluding carboxylic acids is 3. The summed E-state index contributed by atoms with van der Waals surface area (Å²) in [6.45, 7) is 0. The number of rotatable bonds is 4. The van der Waals surface area contributed by atoms with Crippen molar-refractivity contribution < 1.29 is 19.1 Å². The number of amides is 2. The Morgan fingerprint density at radius 1 is 1.29 bits per heavy atom. The number of benzene rings is 1. The third-order valence-corrected chi connectivity index (χ3v) is 3.76. The van der Waals surface area contributed by atoms with Crippen molar-refractivity contribution in [2.75, 3.05) is 14.2 Å². The van der Waals surface area contributed by atoms with E-state index >= 15 is 0 Å². The van der Waals surface area contributed by atoms with Crippen molar-refractivity contribution in [2.24, 2.45) is 10.2 Å². The molecule has 8 nitrogen and oxygen atoms in total. The number of esters is 1. The maximum Gasteiger partial charge on any atom is 0.331 e. The molecule has 1 aliphatic heterocycles. The first-order valence-corrected chi connectivity index (χ1v) is 7.57. The molecule has 1 aromatic rings. The van der Waals surface area contributed by atoms with Gasteiger partial charge in [0.25, 0.3) is 11.8 Å². The van der Waals surface area contributed by atoms with Gasteiger partial charge in [-0.25, -0.2) is 4.79 Å². The third-order valence-electron chi connectivity index (χ3n) is 2.86. The van der Waals surface area contributed by atoms with Crippen LogP contribution in [0.1, 0.15) is 15.9 Å². The van der Waals surface area contributed by atoms with Crippen LogP contribution in [0.15, 0.2) is 45.4 Å². The van der Waals surface area contributed by atoms with E-state index in [1.54, 1.807) is 31.3 Å². The summed E-state index contributed by atoms with van der Waals surface area (Å²) in [5.74, 6) is -1.23. The average molecular weight is 346 g/mol. The highest BCUT2D eigenvalue weighted by atomic mass is 32.2. The van der Waals surface area contributed by atoms with Crippen molar-refractivity contribution in [2.45, 2.75) is 0 Å². The van der Waals surface area contributed by atoms with Gasteiger partial charge in [0, 0.05) is 18.7 Å². The summed E-state index contributed by atoms with van der Waals surface area (Å²) >= 11 is 0.990. The number of hydrogen-bond donors (Lipinski definition) is 2. The van der Waals surface area contributed by atoms with Crippen LogP contribution in [-0.4, -0.2) is 43.3 Å². The van der Waals surface area contributed by atoms with Crippen LogP contribution in [-0.2, 0) is 14.3 Å². The molecule has 1 aliphatic rings. The number of ether oxygens (including phenoxy) is 1. The SMILES string of the molecule is CNC(=O)c1ccc(C=N/N=C2/NC(=O)/C(=C\C(=O)OC)S2)cc1. The number of nitrogens with zero attached hydrogens (tertiary/aromatic N) is 2. The lowest BCUT2D eigenvalue weighted by Gasteiger charge is -1.99. The average Bonchev–Trinajstić information content (AvgIpc) is 2.94. The van der Waals surface area contributed by atoms with Crippen LogP contribution >= 0.6 is 11.8 Å². The monoisotopic (exact) mass is 346 g/mol. The lowest BCUT2D eigenvalue weighted by Crippen LogP contribution is -2.19. The lowest BCUT2D eigenvalue weighted by molar-refractivity contribution is -0.135. The fraction of sp³-hybridized carbons (Fsp3) is 0.133. The van der Waals surface area contributed by atoms with Gasteiger partial charge in [0.05, 0.1) is 18.2 Å². The highest BCUT2D eigenvalue weighted by Crippen LogP contribution is 2.23. The second-order valence-electron chi connectivity index (χ2n) is 4.44. The number of methoxy groups -OCH3 is 1. The number of thioether (sulfide) groups is 1. The minimum atomic E-state index is -0.617. The van der Waals surface area contributed by atoms with Gasteiger partial charge in [0.15, 0.2) is 5.17 Å². The van der Waals surface area contributed by atoms with E-state index in [1.165, 1.54) is 13.3 Å². The molecule has 1 saturated heterocycles. The van der Waals surface area contributed by atoms with Gasteiger partial charge in [-0.3, -0.25) is 14.9 Å². The molecule has 1 heterocycles. The molecule has 0 spiro atoms. The quantitative estimate of drug-likeness (QED) is 0.360. The minimum absolute atomic E-state index is 0.172. The van der Waals surface area contributed by atoms with Gasteiger partial charge in [-0.2, -0.15) is 5.10 Å². The number of amidine groups is 1. The van der Waals surface area contributed by atoms with E-state index in [0.29, 0.717) is 5.56 Å². The van der Waals surface area contributed by atoms with Gasteiger partial charge in [-0.15, -0.1) is 5.10 Å². The van der Waals surface area contributed by atoms with Gasteiger partial charge in [-0.1, -0.05) is 12.1 Å². The first-order valence-electron chi connectivity index (χ1n) is 6.75. The predicted octanol–water partition coefficient (Wildman–Crippen LogP) is 0.656. The summed E-state index contributed by atoms with van der Waals surface area (Å²) in [6.07, 6.45) is 2.57. The molecule has 0 atom stereocenters. The zero-order chi connectivity index (χ0) is 17.5. The van der Waals surface area contributed by atoms with Crippen LogP contribution in [0.5, 0.6) is 0 Å². The molecule has 24 heavy (non-hydrogen) atoms. The maximum absolute atomic E-state index is 11.6. The summed E-state index contributed by atoms with van der Waals surface area (Å²) in [4.78, 5) is 34.4. The number of carbonyl (C=O) groups is 3. The molecule has 0 radical (unpaired) electrons. The second-order valence-corrected chi connectivity index (χ2v) is 5.47. The minimum Gasteiger partial charge on any atom is -0.466 e. The molecule has 124 valence electrons. The van der Waals surface area contributed by atoms with Crippen LogP contribution in [0.2, 0.25) is 0 Å². The van der Waals surface area contributed by atoms with Crippen LogP contribution in [0.25, 0.3) is 0 Å². The predicted molar refractivity (Wildman–Crippen MR) is 90.7 cm³/mol. The van der Waals surface area contributed by atoms with E-state index in [4.69, 9.17) is 0 Å². The topological polar surface area (TPSA) is 109 Å². The van der Waals surface area contributed by atoms with Crippen molar-refractivity contribution in [3.05, 3.63) is 46.4 Å². The number of nitrogens with one attached hydrogen (secondary N) is 2. The summed E-state index contributed by atoms with van der Waals surface area (Å²) in [5, 5.41) is 13.0. The molecule has 2 amide bonds. The Balaban J connectivity index is 2.02. The van der Waals surface area contributed by atoms with Crippen molar-refractivity contribution in [1.29, 1.82) is 0 Å². The Labute approximate surface area is 142 Å². The first-order chi connectivity index (χ1) is 11.5. The third kappa shape index (κ3) is 4.53. The Kier molecular flexibility index (Phi) is 5.85. The van der Waals surface area contributed by atoms with Crippen molar-refractivity contribution in [1.82, 2.24) is 10.6 Å². The Bertz CT molecular complexity index is 753. The molecule has 0 aromatic heterocycles.